The van der Waals surface area contributed by atoms with Gasteiger partial charge >= 0.3 is 6.09 Å². The van der Waals surface area contributed by atoms with E-state index in [9.17, 15) is 18.4 Å². The molecule has 5 nitrogen and oxygen atoms in total. The van der Waals surface area contributed by atoms with Crippen LogP contribution in [0.4, 0.5) is 13.6 Å². The highest BCUT2D eigenvalue weighted by Crippen LogP contribution is 2.13. The third kappa shape index (κ3) is 7.07. The molecule has 1 N–H and O–H groups in total. The number of carbonyl (C=O) groups excluding carboxylic acids is 2. The van der Waals surface area contributed by atoms with E-state index >= 15 is 0 Å². The number of hydrogen-bond acceptors (Lipinski definition) is 3. The Morgan fingerprint density at radius 1 is 1.24 bits per heavy atom. The van der Waals surface area contributed by atoms with Crippen LogP contribution in [-0.2, 0) is 16.0 Å². The van der Waals surface area contributed by atoms with Gasteiger partial charge in [-0.2, -0.15) is 0 Å². The number of rotatable bonds is 6. The molecular weight excluding hydrogens is 330 g/mol. The maximum Gasteiger partial charge on any atom is 0.410 e. The lowest BCUT2D eigenvalue weighted by Gasteiger charge is -2.26. The molecule has 0 heterocycles. The molecule has 0 saturated carbocycles. The van der Waals surface area contributed by atoms with Crippen LogP contribution in [0.5, 0.6) is 0 Å². The normalized spacial score (nSPS) is 12.4. The Morgan fingerprint density at radius 3 is 2.32 bits per heavy atom. The average molecular weight is 356 g/mol. The number of ether oxygens (including phenoxy) is 1. The molecule has 1 rings (SSSR count). The van der Waals surface area contributed by atoms with Crippen molar-refractivity contribution in [2.75, 3.05) is 20.1 Å². The van der Waals surface area contributed by atoms with Crippen molar-refractivity contribution in [1.29, 1.82) is 0 Å². The zero-order valence-electron chi connectivity index (χ0n) is 15.4. The van der Waals surface area contributed by atoms with E-state index in [1.54, 1.807) is 34.7 Å². The molecule has 140 valence electrons. The van der Waals surface area contributed by atoms with Gasteiger partial charge in [0, 0.05) is 25.7 Å². The molecule has 0 saturated heterocycles. The summed E-state index contributed by atoms with van der Waals surface area (Å²) in [6.07, 6.45) is -0.459. The maximum absolute atomic E-state index is 13.5. The van der Waals surface area contributed by atoms with Gasteiger partial charge in [0.1, 0.15) is 17.2 Å². The summed E-state index contributed by atoms with van der Waals surface area (Å²) in [5.74, 6) is -2.05. The quantitative estimate of drug-likeness (QED) is 0.852. The SMILES string of the molecule is C[C@@H](CN(C)C(=O)OC(C)(C)C)C(=O)NCCc1c(F)cccc1F. The van der Waals surface area contributed by atoms with E-state index in [1.807, 2.05) is 0 Å². The molecule has 0 aliphatic heterocycles. The van der Waals surface area contributed by atoms with Crippen LogP contribution in [-0.4, -0.2) is 42.6 Å². The van der Waals surface area contributed by atoms with Crippen molar-refractivity contribution >= 4 is 12.0 Å². The van der Waals surface area contributed by atoms with Crippen molar-refractivity contribution < 1.29 is 23.1 Å². The Labute approximate surface area is 147 Å². The molecule has 1 aromatic carbocycles. The first-order valence-electron chi connectivity index (χ1n) is 8.16. The summed E-state index contributed by atoms with van der Waals surface area (Å²) in [6.45, 7) is 7.23. The Kier molecular flexibility index (Phi) is 7.33. The molecule has 0 bridgehead atoms. The van der Waals surface area contributed by atoms with Crippen LogP contribution in [0.25, 0.3) is 0 Å². The summed E-state index contributed by atoms with van der Waals surface area (Å²) in [7, 11) is 1.55. The molecular formula is C18H26F2N2O3. The number of benzene rings is 1. The molecule has 1 atom stereocenters. The van der Waals surface area contributed by atoms with Gasteiger partial charge < -0.3 is 15.0 Å². The summed E-state index contributed by atoms with van der Waals surface area (Å²) < 4.78 is 32.3. The zero-order chi connectivity index (χ0) is 19.2. The molecule has 0 aliphatic carbocycles. The van der Waals surface area contributed by atoms with Crippen LogP contribution >= 0.6 is 0 Å². The summed E-state index contributed by atoms with van der Waals surface area (Å²) in [5, 5.41) is 2.63. The molecule has 0 aromatic heterocycles. The molecule has 25 heavy (non-hydrogen) atoms. The molecule has 0 spiro atoms. The van der Waals surface area contributed by atoms with Crippen LogP contribution in [0, 0.1) is 17.6 Å². The molecule has 2 amide bonds. The van der Waals surface area contributed by atoms with Crippen molar-refractivity contribution in [3.63, 3.8) is 0 Å². The predicted octanol–water partition coefficient (Wildman–Crippen LogP) is 3.13. The van der Waals surface area contributed by atoms with Gasteiger partial charge in [-0.3, -0.25) is 4.79 Å². The Morgan fingerprint density at radius 2 is 1.80 bits per heavy atom. The first-order valence-corrected chi connectivity index (χ1v) is 8.16. The minimum absolute atomic E-state index is 0.0543. The van der Waals surface area contributed by atoms with Crippen molar-refractivity contribution in [2.45, 2.75) is 39.7 Å². The third-order valence-corrected chi connectivity index (χ3v) is 3.44. The van der Waals surface area contributed by atoms with Gasteiger partial charge in [0.2, 0.25) is 5.91 Å². The van der Waals surface area contributed by atoms with Gasteiger partial charge in [-0.25, -0.2) is 13.6 Å². The molecule has 0 radical (unpaired) electrons. The fourth-order valence-corrected chi connectivity index (χ4v) is 2.16. The Balaban J connectivity index is 2.45. The second-order valence-electron chi connectivity index (χ2n) is 7.00. The van der Waals surface area contributed by atoms with Gasteiger partial charge in [0.05, 0.1) is 5.92 Å². The molecule has 0 unspecified atom stereocenters. The van der Waals surface area contributed by atoms with Crippen LogP contribution in [0.2, 0.25) is 0 Å². The minimum atomic E-state index is -0.632. The van der Waals surface area contributed by atoms with E-state index in [2.05, 4.69) is 5.32 Å². The number of nitrogens with zero attached hydrogens (tertiary/aromatic N) is 1. The Hall–Kier alpha value is -2.18. The largest absolute Gasteiger partial charge is 0.444 e. The van der Waals surface area contributed by atoms with Gasteiger partial charge in [-0.15, -0.1) is 0 Å². The van der Waals surface area contributed by atoms with E-state index in [0.29, 0.717) is 0 Å². The van der Waals surface area contributed by atoms with Crippen molar-refractivity contribution in [3.8, 4) is 0 Å². The smallest absolute Gasteiger partial charge is 0.410 e. The van der Waals surface area contributed by atoms with Gasteiger partial charge in [0.15, 0.2) is 0 Å². The van der Waals surface area contributed by atoms with E-state index in [0.717, 1.165) is 0 Å². The minimum Gasteiger partial charge on any atom is -0.444 e. The van der Waals surface area contributed by atoms with E-state index in [-0.39, 0.29) is 31.0 Å². The van der Waals surface area contributed by atoms with Crippen LogP contribution in [0.15, 0.2) is 18.2 Å². The van der Waals surface area contributed by atoms with Crippen LogP contribution in [0.1, 0.15) is 33.3 Å². The fraction of sp³-hybridized carbons (Fsp3) is 0.556. The standard InChI is InChI=1S/C18H26F2N2O3/c1-12(11-22(5)17(24)25-18(2,3)4)16(23)21-10-9-13-14(19)7-6-8-15(13)20/h6-8,12H,9-11H2,1-5H3,(H,21,23)/t12-/m0/s1. The predicted molar refractivity (Wildman–Crippen MR) is 91.1 cm³/mol. The second kappa shape index (κ2) is 8.78. The summed E-state index contributed by atoms with van der Waals surface area (Å²) in [6, 6.07) is 3.65. The lowest BCUT2D eigenvalue weighted by atomic mass is 10.1. The molecule has 0 fully saturated rings. The van der Waals surface area contributed by atoms with Crippen LogP contribution in [0.3, 0.4) is 0 Å². The van der Waals surface area contributed by atoms with E-state index in [1.165, 1.54) is 23.1 Å². The van der Waals surface area contributed by atoms with E-state index < -0.39 is 29.2 Å². The number of nitrogens with one attached hydrogen (secondary N) is 1. The average Bonchev–Trinajstić information content (AvgIpc) is 2.48. The van der Waals surface area contributed by atoms with Crippen molar-refractivity contribution in [1.82, 2.24) is 10.2 Å². The highest BCUT2D eigenvalue weighted by molar-refractivity contribution is 5.79. The molecule has 7 heteroatoms. The third-order valence-electron chi connectivity index (χ3n) is 3.44. The maximum atomic E-state index is 13.5. The first kappa shape index (κ1) is 20.9. The van der Waals surface area contributed by atoms with Crippen molar-refractivity contribution in [3.05, 3.63) is 35.4 Å². The van der Waals surface area contributed by atoms with Crippen molar-refractivity contribution in [2.24, 2.45) is 5.92 Å². The lowest BCUT2D eigenvalue weighted by molar-refractivity contribution is -0.124. The van der Waals surface area contributed by atoms with E-state index in [4.69, 9.17) is 4.74 Å². The summed E-state index contributed by atoms with van der Waals surface area (Å²) in [4.78, 5) is 25.3. The number of hydrogen-bond donors (Lipinski definition) is 1. The summed E-state index contributed by atoms with van der Waals surface area (Å²) in [5.41, 5.74) is -0.665. The highest BCUT2D eigenvalue weighted by atomic mass is 19.1. The highest BCUT2D eigenvalue weighted by Gasteiger charge is 2.23. The fourth-order valence-electron chi connectivity index (χ4n) is 2.16. The van der Waals surface area contributed by atoms with Gasteiger partial charge in [0.25, 0.3) is 0 Å². The lowest BCUT2D eigenvalue weighted by Crippen LogP contribution is -2.41. The molecule has 1 aromatic rings. The topological polar surface area (TPSA) is 58.6 Å². The zero-order valence-corrected chi connectivity index (χ0v) is 15.4. The first-order chi connectivity index (χ1) is 11.5. The number of amides is 2. The van der Waals surface area contributed by atoms with Crippen LogP contribution < -0.4 is 5.32 Å². The number of halogens is 2. The van der Waals surface area contributed by atoms with Gasteiger partial charge in [-0.1, -0.05) is 13.0 Å². The Bertz CT molecular complexity index is 595. The van der Waals surface area contributed by atoms with Gasteiger partial charge in [-0.05, 0) is 39.3 Å². The molecule has 0 aliphatic rings. The summed E-state index contributed by atoms with van der Waals surface area (Å²) >= 11 is 0. The number of carbonyl (C=O) groups is 2. The monoisotopic (exact) mass is 356 g/mol. The second-order valence-corrected chi connectivity index (χ2v) is 7.00.